The van der Waals surface area contributed by atoms with E-state index >= 15 is 0 Å². The van der Waals surface area contributed by atoms with Gasteiger partial charge >= 0.3 is 18.1 Å². The summed E-state index contributed by atoms with van der Waals surface area (Å²) in [6.07, 6.45) is 1.18. The number of anilines is 1. The number of nitrogens with one attached hydrogen (secondary N) is 3. The van der Waals surface area contributed by atoms with Crippen LogP contribution in [0, 0.1) is 0 Å². The quantitative estimate of drug-likeness (QED) is 0.186. The van der Waals surface area contributed by atoms with Gasteiger partial charge in [0.25, 0.3) is 0 Å². The number of aliphatic carboxylic acids is 2. The summed E-state index contributed by atoms with van der Waals surface area (Å²) in [6, 6.07) is 15.6. The Hall–Kier alpha value is -4.48. The van der Waals surface area contributed by atoms with Gasteiger partial charge in [-0.3, -0.25) is 4.79 Å². The van der Waals surface area contributed by atoms with Crippen molar-refractivity contribution in [3.05, 3.63) is 78.2 Å². The Labute approximate surface area is 209 Å². The van der Waals surface area contributed by atoms with Gasteiger partial charge in [-0.15, -0.1) is 0 Å². The van der Waals surface area contributed by atoms with Gasteiger partial charge in [-0.2, -0.15) is 13.2 Å². The number of carbonyl (C=O) groups is 2. The number of benzene rings is 2. The van der Waals surface area contributed by atoms with Crippen molar-refractivity contribution in [1.29, 1.82) is 0 Å². The molecule has 0 aliphatic rings. The summed E-state index contributed by atoms with van der Waals surface area (Å²) in [5.74, 6) is -2.25. The summed E-state index contributed by atoms with van der Waals surface area (Å²) in [5.41, 5.74) is 2.90. The average Bonchev–Trinajstić information content (AvgIpc) is 3.52. The molecule has 1 unspecified atom stereocenters. The molecule has 1 atom stereocenters. The molecule has 4 aromatic rings. The second kappa shape index (κ2) is 12.5. The lowest BCUT2D eigenvalue weighted by Gasteiger charge is -2.15. The third kappa shape index (κ3) is 8.02. The van der Waals surface area contributed by atoms with Gasteiger partial charge in [0, 0.05) is 48.0 Å². The van der Waals surface area contributed by atoms with E-state index in [0.29, 0.717) is 6.61 Å². The van der Waals surface area contributed by atoms with Crippen molar-refractivity contribution in [2.45, 2.75) is 24.9 Å². The number of alkyl halides is 3. The normalized spacial score (nSPS) is 11.9. The Balaban J connectivity index is 0.000000479. The van der Waals surface area contributed by atoms with Crippen LogP contribution in [0.15, 0.2) is 67.1 Å². The van der Waals surface area contributed by atoms with E-state index in [9.17, 15) is 23.1 Å². The molecule has 4 rings (SSSR count). The van der Waals surface area contributed by atoms with Crippen molar-refractivity contribution in [3.8, 4) is 5.75 Å². The minimum Gasteiger partial charge on any atom is -0.493 e. The number of fused-ring (bicyclic) bond motifs is 1. The molecule has 196 valence electrons. The third-order valence-corrected chi connectivity index (χ3v) is 5.26. The van der Waals surface area contributed by atoms with Crippen LogP contribution >= 0.6 is 0 Å². The Morgan fingerprint density at radius 3 is 2.43 bits per heavy atom. The summed E-state index contributed by atoms with van der Waals surface area (Å²) in [7, 11) is 0. The Morgan fingerprint density at radius 2 is 1.81 bits per heavy atom. The SMILES string of the molecule is O=C(O)C(F)(F)F.O=C(O)CC(c1ccccc1)c1c[nH]c2cc(OCCCNc3ncc[nH]3)ccc12. The standard InChI is InChI=1S/C23H24N4O3.C2HF3O2/c28-22(29)14-19(16-5-2-1-3-6-16)20-15-27-21-13-17(7-8-18(20)21)30-12-4-9-24-23-25-10-11-26-23;3-2(4,5)1(6)7/h1-3,5-8,10-11,13,15,19,27H,4,9,12,14H2,(H,28,29)(H2,24,25,26);(H,6,7). The molecule has 0 bridgehead atoms. The van der Waals surface area contributed by atoms with Crippen molar-refractivity contribution in [1.82, 2.24) is 15.0 Å². The van der Waals surface area contributed by atoms with Crippen molar-refractivity contribution in [3.63, 3.8) is 0 Å². The summed E-state index contributed by atoms with van der Waals surface area (Å²) in [6.45, 7) is 1.34. The van der Waals surface area contributed by atoms with Gasteiger partial charge in [-0.1, -0.05) is 30.3 Å². The van der Waals surface area contributed by atoms with E-state index in [-0.39, 0.29) is 12.3 Å². The number of hydrogen-bond acceptors (Lipinski definition) is 5. The van der Waals surface area contributed by atoms with Crippen molar-refractivity contribution >= 4 is 28.8 Å². The number of carboxylic acid groups (broad SMARTS) is 2. The highest BCUT2D eigenvalue weighted by Gasteiger charge is 2.38. The molecule has 5 N–H and O–H groups in total. The van der Waals surface area contributed by atoms with E-state index < -0.39 is 18.1 Å². The lowest BCUT2D eigenvalue weighted by Crippen LogP contribution is -2.21. The Bertz CT molecular complexity index is 1290. The second-order valence-electron chi connectivity index (χ2n) is 7.88. The van der Waals surface area contributed by atoms with E-state index in [1.54, 1.807) is 12.4 Å². The minimum absolute atomic E-state index is 0.0396. The number of imidazole rings is 1. The van der Waals surface area contributed by atoms with Crippen LogP contribution in [0.25, 0.3) is 10.9 Å². The van der Waals surface area contributed by atoms with Crippen LogP contribution in [-0.4, -0.2) is 56.4 Å². The lowest BCUT2D eigenvalue weighted by molar-refractivity contribution is -0.192. The smallest absolute Gasteiger partial charge is 0.490 e. The van der Waals surface area contributed by atoms with Crippen molar-refractivity contribution < 1.29 is 37.7 Å². The van der Waals surface area contributed by atoms with Crippen LogP contribution in [0.4, 0.5) is 19.1 Å². The first-order chi connectivity index (χ1) is 17.6. The first-order valence-electron chi connectivity index (χ1n) is 11.2. The number of nitrogens with zero attached hydrogens (tertiary/aromatic N) is 1. The highest BCUT2D eigenvalue weighted by molar-refractivity contribution is 5.86. The third-order valence-electron chi connectivity index (χ3n) is 5.26. The Morgan fingerprint density at radius 1 is 1.08 bits per heavy atom. The number of H-pyrrole nitrogens is 2. The first-order valence-corrected chi connectivity index (χ1v) is 11.2. The number of halogens is 3. The predicted octanol–water partition coefficient (Wildman–Crippen LogP) is 5.01. The molecule has 0 aliphatic carbocycles. The fourth-order valence-electron chi connectivity index (χ4n) is 3.60. The van der Waals surface area contributed by atoms with E-state index in [1.165, 1.54) is 0 Å². The molecular weight excluding hydrogens is 493 g/mol. The summed E-state index contributed by atoms with van der Waals surface area (Å²) >= 11 is 0. The zero-order valence-electron chi connectivity index (χ0n) is 19.5. The zero-order chi connectivity index (χ0) is 26.8. The maximum atomic E-state index is 11.5. The van der Waals surface area contributed by atoms with Crippen LogP contribution in [0.2, 0.25) is 0 Å². The van der Waals surface area contributed by atoms with Gasteiger partial charge in [0.05, 0.1) is 13.0 Å². The van der Waals surface area contributed by atoms with Gasteiger partial charge in [-0.25, -0.2) is 9.78 Å². The number of carboxylic acids is 2. The predicted molar refractivity (Wildman–Crippen MR) is 130 cm³/mol. The highest BCUT2D eigenvalue weighted by Crippen LogP contribution is 2.34. The van der Waals surface area contributed by atoms with Crippen LogP contribution in [0.1, 0.15) is 29.9 Å². The molecule has 0 fully saturated rings. The van der Waals surface area contributed by atoms with Crippen LogP contribution in [0.3, 0.4) is 0 Å². The van der Waals surface area contributed by atoms with Crippen LogP contribution in [-0.2, 0) is 9.59 Å². The van der Waals surface area contributed by atoms with Gasteiger partial charge in [0.2, 0.25) is 0 Å². The second-order valence-corrected chi connectivity index (χ2v) is 7.88. The zero-order valence-corrected chi connectivity index (χ0v) is 19.5. The first kappa shape index (κ1) is 27.1. The molecule has 2 heterocycles. The van der Waals surface area contributed by atoms with E-state index in [2.05, 4.69) is 20.3 Å². The molecule has 0 saturated heterocycles. The summed E-state index contributed by atoms with van der Waals surface area (Å²) in [5, 5.41) is 20.7. The van der Waals surface area contributed by atoms with Crippen LogP contribution in [0.5, 0.6) is 5.75 Å². The van der Waals surface area contributed by atoms with E-state index in [1.807, 2.05) is 54.7 Å². The molecule has 0 amide bonds. The summed E-state index contributed by atoms with van der Waals surface area (Å²) in [4.78, 5) is 30.8. The monoisotopic (exact) mass is 518 g/mol. The topological polar surface area (TPSA) is 140 Å². The largest absolute Gasteiger partial charge is 0.493 e. The maximum Gasteiger partial charge on any atom is 0.490 e. The van der Waals surface area contributed by atoms with Gasteiger partial charge in [0.15, 0.2) is 5.95 Å². The summed E-state index contributed by atoms with van der Waals surface area (Å²) < 4.78 is 37.6. The van der Waals surface area contributed by atoms with E-state index in [4.69, 9.17) is 14.6 Å². The van der Waals surface area contributed by atoms with Gasteiger partial charge < -0.3 is 30.2 Å². The minimum atomic E-state index is -5.08. The number of hydrogen-bond donors (Lipinski definition) is 5. The molecule has 0 saturated carbocycles. The molecule has 0 spiro atoms. The van der Waals surface area contributed by atoms with Gasteiger partial charge in [0.1, 0.15) is 5.75 Å². The molecule has 12 heteroatoms. The number of ether oxygens (including phenoxy) is 1. The molecule has 9 nitrogen and oxygen atoms in total. The molecule has 2 aromatic heterocycles. The van der Waals surface area contributed by atoms with Crippen molar-refractivity contribution in [2.75, 3.05) is 18.5 Å². The molecule has 0 aliphatic heterocycles. The number of aromatic amines is 2. The molecular formula is C25H25F3N4O5. The number of aromatic nitrogens is 3. The fraction of sp³-hybridized carbons (Fsp3) is 0.240. The maximum absolute atomic E-state index is 11.5. The van der Waals surface area contributed by atoms with E-state index in [0.717, 1.165) is 46.7 Å². The Kier molecular flexibility index (Phi) is 9.14. The van der Waals surface area contributed by atoms with Crippen molar-refractivity contribution in [2.24, 2.45) is 0 Å². The van der Waals surface area contributed by atoms with Gasteiger partial charge in [-0.05, 0) is 29.7 Å². The molecule has 0 radical (unpaired) electrons. The molecule has 2 aromatic carbocycles. The fourth-order valence-corrected chi connectivity index (χ4v) is 3.60. The molecule has 37 heavy (non-hydrogen) atoms. The number of rotatable bonds is 10. The average molecular weight is 518 g/mol. The lowest BCUT2D eigenvalue weighted by atomic mass is 9.88. The highest BCUT2D eigenvalue weighted by atomic mass is 19.4. The van der Waals surface area contributed by atoms with Crippen LogP contribution < -0.4 is 10.1 Å².